The summed E-state index contributed by atoms with van der Waals surface area (Å²) in [6.45, 7) is 5.44. The first-order valence-electron chi connectivity index (χ1n) is 10.3. The first kappa shape index (κ1) is 23.5. The Bertz CT molecular complexity index is 1180. The minimum absolute atomic E-state index is 0.204. The van der Waals surface area contributed by atoms with E-state index >= 15 is 0 Å². The van der Waals surface area contributed by atoms with Gasteiger partial charge in [-0.25, -0.2) is 8.42 Å². The highest BCUT2D eigenvalue weighted by atomic mass is 32.2. The zero-order chi connectivity index (χ0) is 23.3. The van der Waals surface area contributed by atoms with Gasteiger partial charge in [-0.2, -0.15) is 4.72 Å². The smallest absolute Gasteiger partial charge is 0.242 e. The number of anilines is 1. The minimum atomic E-state index is -3.94. The van der Waals surface area contributed by atoms with Gasteiger partial charge < -0.3 is 10.1 Å². The third-order valence-electron chi connectivity index (χ3n) is 5.11. The number of carbonyl (C=O) groups is 1. The third-order valence-corrected chi connectivity index (χ3v) is 6.88. The second kappa shape index (κ2) is 9.97. The SMILES string of the molecule is COc1cccc(NC(=O)[C@H](Cc2ccccc2)NS(=O)(=O)c2c(C)cc(C)cc2C)c1. The summed E-state index contributed by atoms with van der Waals surface area (Å²) >= 11 is 0. The summed E-state index contributed by atoms with van der Waals surface area (Å²) in [5.74, 6) is 0.141. The van der Waals surface area contributed by atoms with Crippen LogP contribution in [0.25, 0.3) is 0 Å². The topological polar surface area (TPSA) is 84.5 Å². The van der Waals surface area contributed by atoms with Gasteiger partial charge in [0, 0.05) is 11.8 Å². The Balaban J connectivity index is 1.93. The summed E-state index contributed by atoms with van der Waals surface area (Å²) in [6, 6.07) is 18.9. The van der Waals surface area contributed by atoms with Crippen LogP contribution in [0, 0.1) is 20.8 Å². The van der Waals surface area contributed by atoms with Crippen LogP contribution in [-0.2, 0) is 21.2 Å². The van der Waals surface area contributed by atoms with Gasteiger partial charge in [0.2, 0.25) is 15.9 Å². The molecule has 0 aliphatic rings. The molecule has 6 nitrogen and oxygen atoms in total. The zero-order valence-corrected chi connectivity index (χ0v) is 19.5. The van der Waals surface area contributed by atoms with E-state index in [1.54, 1.807) is 45.2 Å². The first-order chi connectivity index (χ1) is 15.2. The quantitative estimate of drug-likeness (QED) is 0.538. The summed E-state index contributed by atoms with van der Waals surface area (Å²) in [4.78, 5) is 13.4. The summed E-state index contributed by atoms with van der Waals surface area (Å²) in [7, 11) is -2.40. The largest absolute Gasteiger partial charge is 0.497 e. The van der Waals surface area contributed by atoms with E-state index in [1.807, 2.05) is 49.4 Å². The molecule has 0 radical (unpaired) electrons. The molecule has 32 heavy (non-hydrogen) atoms. The van der Waals surface area contributed by atoms with Crippen LogP contribution in [0.4, 0.5) is 5.69 Å². The maximum Gasteiger partial charge on any atom is 0.242 e. The number of nitrogens with one attached hydrogen (secondary N) is 2. The lowest BCUT2D eigenvalue weighted by Crippen LogP contribution is -2.45. The molecule has 3 rings (SSSR count). The van der Waals surface area contributed by atoms with Gasteiger partial charge in [-0.3, -0.25) is 4.79 Å². The minimum Gasteiger partial charge on any atom is -0.497 e. The zero-order valence-electron chi connectivity index (χ0n) is 18.7. The molecule has 1 atom stereocenters. The number of aryl methyl sites for hydroxylation is 3. The van der Waals surface area contributed by atoms with E-state index in [0.29, 0.717) is 22.6 Å². The Morgan fingerprint density at radius 2 is 1.59 bits per heavy atom. The molecule has 0 fully saturated rings. The number of methoxy groups -OCH3 is 1. The predicted molar refractivity (Wildman–Crippen MR) is 127 cm³/mol. The fraction of sp³-hybridized carbons (Fsp3) is 0.240. The van der Waals surface area contributed by atoms with Crippen LogP contribution >= 0.6 is 0 Å². The van der Waals surface area contributed by atoms with E-state index in [0.717, 1.165) is 11.1 Å². The Kier molecular flexibility index (Phi) is 7.33. The Labute approximate surface area is 189 Å². The van der Waals surface area contributed by atoms with Crippen molar-refractivity contribution in [3.8, 4) is 5.75 Å². The lowest BCUT2D eigenvalue weighted by molar-refractivity contribution is -0.117. The molecule has 0 aromatic heterocycles. The number of hydrogen-bond donors (Lipinski definition) is 2. The number of amides is 1. The second-order valence-corrected chi connectivity index (χ2v) is 9.46. The van der Waals surface area contributed by atoms with Crippen LogP contribution in [0.5, 0.6) is 5.75 Å². The van der Waals surface area contributed by atoms with Crippen molar-refractivity contribution in [3.63, 3.8) is 0 Å². The van der Waals surface area contributed by atoms with E-state index in [2.05, 4.69) is 10.0 Å². The lowest BCUT2D eigenvalue weighted by Gasteiger charge is -2.21. The number of sulfonamides is 1. The third kappa shape index (κ3) is 5.75. The van der Waals surface area contributed by atoms with Gasteiger partial charge in [-0.05, 0) is 56.0 Å². The number of rotatable bonds is 8. The average Bonchev–Trinajstić information content (AvgIpc) is 2.73. The number of ether oxygens (including phenoxy) is 1. The predicted octanol–water partition coefficient (Wildman–Crippen LogP) is 4.15. The van der Waals surface area contributed by atoms with Crippen LogP contribution in [0.2, 0.25) is 0 Å². The second-order valence-electron chi connectivity index (χ2n) is 7.81. The molecule has 0 saturated carbocycles. The van der Waals surface area contributed by atoms with Crippen molar-refractivity contribution in [1.82, 2.24) is 4.72 Å². The molecule has 7 heteroatoms. The van der Waals surface area contributed by atoms with E-state index in [-0.39, 0.29) is 11.3 Å². The van der Waals surface area contributed by atoms with Gasteiger partial charge in [0.05, 0.1) is 12.0 Å². The Morgan fingerprint density at radius 1 is 0.938 bits per heavy atom. The van der Waals surface area contributed by atoms with Crippen LogP contribution in [0.1, 0.15) is 22.3 Å². The van der Waals surface area contributed by atoms with Crippen LogP contribution < -0.4 is 14.8 Å². The molecule has 3 aromatic rings. The number of hydrogen-bond acceptors (Lipinski definition) is 4. The fourth-order valence-electron chi connectivity index (χ4n) is 3.80. The highest BCUT2D eigenvalue weighted by Gasteiger charge is 2.28. The van der Waals surface area contributed by atoms with Crippen molar-refractivity contribution in [1.29, 1.82) is 0 Å². The molecule has 168 valence electrons. The van der Waals surface area contributed by atoms with Crippen molar-refractivity contribution < 1.29 is 17.9 Å². The first-order valence-corrected chi connectivity index (χ1v) is 11.8. The average molecular weight is 453 g/mol. The van der Waals surface area contributed by atoms with Crippen LogP contribution in [0.15, 0.2) is 71.6 Å². The molecule has 0 spiro atoms. The Hall–Kier alpha value is -3.16. The van der Waals surface area contributed by atoms with Crippen molar-refractivity contribution in [2.24, 2.45) is 0 Å². The molecule has 2 N–H and O–H groups in total. The van der Waals surface area contributed by atoms with Crippen molar-refractivity contribution in [2.45, 2.75) is 38.1 Å². The highest BCUT2D eigenvalue weighted by Crippen LogP contribution is 2.23. The van der Waals surface area contributed by atoms with Crippen LogP contribution in [-0.4, -0.2) is 27.5 Å². The van der Waals surface area contributed by atoms with Gasteiger partial charge >= 0.3 is 0 Å². The maximum atomic E-state index is 13.3. The van der Waals surface area contributed by atoms with E-state index < -0.39 is 22.0 Å². The molecule has 0 heterocycles. The van der Waals surface area contributed by atoms with Gasteiger partial charge in [-0.1, -0.05) is 54.1 Å². The normalized spacial score (nSPS) is 12.2. The van der Waals surface area contributed by atoms with Crippen molar-refractivity contribution >= 4 is 21.6 Å². The van der Waals surface area contributed by atoms with Gasteiger partial charge in [-0.15, -0.1) is 0 Å². The van der Waals surface area contributed by atoms with Crippen LogP contribution in [0.3, 0.4) is 0 Å². The van der Waals surface area contributed by atoms with Gasteiger partial charge in [0.1, 0.15) is 11.8 Å². The molecule has 3 aromatic carbocycles. The van der Waals surface area contributed by atoms with E-state index in [1.165, 1.54) is 0 Å². The lowest BCUT2D eigenvalue weighted by atomic mass is 10.1. The summed E-state index contributed by atoms with van der Waals surface area (Å²) in [5.41, 5.74) is 3.63. The Morgan fingerprint density at radius 3 is 2.22 bits per heavy atom. The fourth-order valence-corrected chi connectivity index (χ4v) is 5.45. The maximum absolute atomic E-state index is 13.3. The van der Waals surface area contributed by atoms with E-state index in [9.17, 15) is 13.2 Å². The molecular weight excluding hydrogens is 424 g/mol. The summed E-state index contributed by atoms with van der Waals surface area (Å²) in [6.07, 6.45) is 0.208. The molecule has 0 unspecified atom stereocenters. The number of carbonyl (C=O) groups excluding carboxylic acids is 1. The van der Waals surface area contributed by atoms with Crippen molar-refractivity contribution in [2.75, 3.05) is 12.4 Å². The highest BCUT2D eigenvalue weighted by molar-refractivity contribution is 7.89. The standard InChI is InChI=1S/C25H28N2O4S/c1-17-13-18(2)24(19(3)14-17)32(29,30)27-23(15-20-9-6-5-7-10-20)25(28)26-21-11-8-12-22(16-21)31-4/h5-14,16,23,27H,15H2,1-4H3,(H,26,28)/t23-/m0/s1. The van der Waals surface area contributed by atoms with Gasteiger partial charge in [0.25, 0.3) is 0 Å². The van der Waals surface area contributed by atoms with Crippen molar-refractivity contribution in [3.05, 3.63) is 89.0 Å². The molecule has 0 aliphatic heterocycles. The number of benzene rings is 3. The monoisotopic (exact) mass is 452 g/mol. The summed E-state index contributed by atoms with van der Waals surface area (Å²) in [5, 5.41) is 2.80. The van der Waals surface area contributed by atoms with Gasteiger partial charge in [0.15, 0.2) is 0 Å². The molecule has 0 aliphatic carbocycles. The molecule has 0 bridgehead atoms. The molecule has 1 amide bonds. The molecule has 0 saturated heterocycles. The molecular formula is C25H28N2O4S. The van der Waals surface area contributed by atoms with E-state index in [4.69, 9.17) is 4.74 Å². The summed E-state index contributed by atoms with van der Waals surface area (Å²) < 4.78 is 34.5.